The first-order chi connectivity index (χ1) is 15.1. The van der Waals surface area contributed by atoms with Crippen molar-refractivity contribution in [2.24, 2.45) is 11.0 Å². The van der Waals surface area contributed by atoms with Gasteiger partial charge in [0.2, 0.25) is 5.75 Å². The van der Waals surface area contributed by atoms with Crippen LogP contribution in [-0.4, -0.2) is 41.8 Å². The number of ether oxygens (including phenoxy) is 2. The van der Waals surface area contributed by atoms with E-state index in [2.05, 4.69) is 39.7 Å². The molecular weight excluding hydrogens is 396 g/mol. The molecule has 0 aliphatic carbocycles. The summed E-state index contributed by atoms with van der Waals surface area (Å²) in [4.78, 5) is 13.7. The highest BCUT2D eigenvalue weighted by atomic mass is 16.6. The smallest absolute Gasteiger partial charge is 0.311 e. The highest BCUT2D eigenvalue weighted by Gasteiger charge is 2.39. The molecule has 0 radical (unpaired) electrons. The number of hydrazone groups is 1. The summed E-state index contributed by atoms with van der Waals surface area (Å²) in [6.45, 7) is 7.16. The van der Waals surface area contributed by atoms with Crippen molar-refractivity contribution < 1.29 is 14.4 Å². The fraction of sp³-hybridized carbons (Fsp3) is 0.435. The van der Waals surface area contributed by atoms with Gasteiger partial charge in [0.25, 0.3) is 0 Å². The minimum absolute atomic E-state index is 0.0486. The number of nitro groups is 1. The third-order valence-corrected chi connectivity index (χ3v) is 5.79. The van der Waals surface area contributed by atoms with E-state index in [4.69, 9.17) is 9.47 Å². The van der Waals surface area contributed by atoms with Gasteiger partial charge in [-0.3, -0.25) is 15.0 Å². The van der Waals surface area contributed by atoms with Gasteiger partial charge in [0.15, 0.2) is 0 Å². The molecule has 1 fully saturated rings. The van der Waals surface area contributed by atoms with Crippen LogP contribution in [-0.2, 0) is 6.54 Å². The summed E-state index contributed by atoms with van der Waals surface area (Å²) in [5, 5.41) is 16.3. The Morgan fingerprint density at radius 2 is 1.90 bits per heavy atom. The first kappa shape index (κ1) is 21.1. The number of rotatable bonds is 8. The second kappa shape index (κ2) is 9.34. The molecule has 164 valence electrons. The second-order valence-corrected chi connectivity index (χ2v) is 7.77. The van der Waals surface area contributed by atoms with E-state index in [9.17, 15) is 10.1 Å². The maximum absolute atomic E-state index is 11.7. The van der Waals surface area contributed by atoms with E-state index in [-0.39, 0.29) is 23.4 Å². The van der Waals surface area contributed by atoms with Crippen LogP contribution in [0.25, 0.3) is 0 Å². The summed E-state index contributed by atoms with van der Waals surface area (Å²) in [5.74, 6) is 0.966. The largest absolute Gasteiger partial charge is 0.493 e. The van der Waals surface area contributed by atoms with E-state index in [1.807, 2.05) is 13.0 Å². The number of hydrogen-bond donors (Lipinski definition) is 1. The molecule has 0 aromatic heterocycles. The van der Waals surface area contributed by atoms with Gasteiger partial charge in [0.05, 0.1) is 24.2 Å². The molecule has 4 rings (SSSR count). The van der Waals surface area contributed by atoms with Gasteiger partial charge < -0.3 is 14.9 Å². The quantitative estimate of drug-likeness (QED) is 0.510. The topological polar surface area (TPSA) is 89.2 Å². The average molecular weight is 425 g/mol. The number of hydrogen-bond acceptors (Lipinski definition) is 7. The number of fused-ring (bicyclic) bond motifs is 1. The lowest BCUT2D eigenvalue weighted by Gasteiger charge is -2.34. The number of benzene rings is 2. The highest BCUT2D eigenvalue weighted by molar-refractivity contribution is 5.90. The van der Waals surface area contributed by atoms with Gasteiger partial charge in [0.1, 0.15) is 5.75 Å². The lowest BCUT2D eigenvalue weighted by atomic mass is 9.85. The van der Waals surface area contributed by atoms with Crippen LogP contribution < -0.4 is 14.9 Å². The van der Waals surface area contributed by atoms with Crippen LogP contribution in [0, 0.1) is 16.0 Å². The van der Waals surface area contributed by atoms with E-state index in [0.717, 1.165) is 37.3 Å². The van der Waals surface area contributed by atoms with Crippen molar-refractivity contribution in [1.82, 2.24) is 10.3 Å². The number of piperidine rings is 1. The van der Waals surface area contributed by atoms with Crippen LogP contribution in [0.4, 0.5) is 5.69 Å². The van der Waals surface area contributed by atoms with Crippen molar-refractivity contribution in [3.05, 3.63) is 63.7 Å². The lowest BCUT2D eigenvalue weighted by molar-refractivity contribution is -0.386. The van der Waals surface area contributed by atoms with Gasteiger partial charge in [-0.2, -0.15) is 5.10 Å². The highest BCUT2D eigenvalue weighted by Crippen LogP contribution is 2.42. The van der Waals surface area contributed by atoms with Crippen molar-refractivity contribution in [2.75, 3.05) is 26.3 Å². The molecule has 1 N–H and O–H groups in total. The zero-order valence-corrected chi connectivity index (χ0v) is 17.9. The monoisotopic (exact) mass is 424 g/mol. The first-order valence-corrected chi connectivity index (χ1v) is 10.8. The van der Waals surface area contributed by atoms with Crippen molar-refractivity contribution in [3.63, 3.8) is 0 Å². The Kier molecular flexibility index (Phi) is 6.36. The van der Waals surface area contributed by atoms with E-state index in [0.29, 0.717) is 19.0 Å². The van der Waals surface area contributed by atoms with Crippen molar-refractivity contribution in [2.45, 2.75) is 32.9 Å². The minimum atomic E-state index is -0.399. The molecule has 2 atom stereocenters. The summed E-state index contributed by atoms with van der Waals surface area (Å²) in [5.41, 5.74) is 6.33. The number of nitrogens with zero attached hydrogens (tertiary/aromatic N) is 3. The molecule has 0 bridgehead atoms. The van der Waals surface area contributed by atoms with E-state index < -0.39 is 4.92 Å². The van der Waals surface area contributed by atoms with Gasteiger partial charge in [0, 0.05) is 55.4 Å². The number of likely N-dealkylation sites (tertiary alicyclic amines) is 1. The molecule has 8 heteroatoms. The van der Waals surface area contributed by atoms with Gasteiger partial charge in [-0.1, -0.05) is 30.3 Å². The summed E-state index contributed by atoms with van der Waals surface area (Å²) in [6.07, 6.45) is 0.879. The molecule has 8 nitrogen and oxygen atoms in total. The molecule has 0 saturated carbocycles. The molecule has 2 aliphatic heterocycles. The molecular formula is C23H28N4O4. The van der Waals surface area contributed by atoms with Crippen LogP contribution in [0.5, 0.6) is 11.5 Å². The molecule has 2 heterocycles. The Morgan fingerprint density at radius 3 is 2.61 bits per heavy atom. The van der Waals surface area contributed by atoms with E-state index in [1.165, 1.54) is 5.56 Å². The van der Waals surface area contributed by atoms with E-state index >= 15 is 0 Å². The summed E-state index contributed by atoms with van der Waals surface area (Å²) < 4.78 is 11.4. The van der Waals surface area contributed by atoms with Gasteiger partial charge >= 0.3 is 5.69 Å². The summed E-state index contributed by atoms with van der Waals surface area (Å²) in [6, 6.07) is 13.5. The lowest BCUT2D eigenvalue weighted by Crippen LogP contribution is -2.41. The SMILES string of the molecule is CCOc1cc(OCC)c([N+](=O)[O-])cc1C1NN=C2CCN(Cc3ccccc3)CC21. The minimum Gasteiger partial charge on any atom is -0.493 e. The standard InChI is InChI=1S/C23H28N4O4/c1-3-30-21-13-22(31-4-2)20(27(28)29)12-17(21)23-18-15-26(11-10-19(18)24-25-23)14-16-8-6-5-7-9-16/h5-9,12-13,18,23,25H,3-4,10-11,14-15H2,1-2H3. The molecule has 2 aromatic carbocycles. The number of nitro benzene ring substituents is 1. The maximum Gasteiger partial charge on any atom is 0.311 e. The second-order valence-electron chi connectivity index (χ2n) is 7.77. The Labute approximate surface area is 182 Å². The maximum atomic E-state index is 11.7. The fourth-order valence-electron chi connectivity index (χ4n) is 4.39. The predicted octanol–water partition coefficient (Wildman–Crippen LogP) is 3.91. The van der Waals surface area contributed by atoms with Crippen LogP contribution >= 0.6 is 0 Å². The average Bonchev–Trinajstić information content (AvgIpc) is 3.18. The van der Waals surface area contributed by atoms with Crippen molar-refractivity contribution in [1.29, 1.82) is 0 Å². The van der Waals surface area contributed by atoms with Gasteiger partial charge in [-0.25, -0.2) is 0 Å². The van der Waals surface area contributed by atoms with Crippen molar-refractivity contribution >= 4 is 11.4 Å². The van der Waals surface area contributed by atoms with Crippen molar-refractivity contribution in [3.8, 4) is 11.5 Å². The third-order valence-electron chi connectivity index (χ3n) is 5.79. The molecule has 2 aliphatic rings. The fourth-order valence-corrected chi connectivity index (χ4v) is 4.39. The molecule has 2 unspecified atom stereocenters. The van der Waals surface area contributed by atoms with E-state index in [1.54, 1.807) is 19.1 Å². The predicted molar refractivity (Wildman–Crippen MR) is 119 cm³/mol. The molecule has 0 spiro atoms. The van der Waals surface area contributed by atoms with Crippen LogP contribution in [0.3, 0.4) is 0 Å². The van der Waals surface area contributed by atoms with Gasteiger partial charge in [-0.05, 0) is 19.4 Å². The Morgan fingerprint density at radius 1 is 1.16 bits per heavy atom. The van der Waals surface area contributed by atoms with Crippen LogP contribution in [0.2, 0.25) is 0 Å². The molecule has 2 aromatic rings. The van der Waals surface area contributed by atoms with Crippen LogP contribution in [0.1, 0.15) is 37.4 Å². The molecule has 1 saturated heterocycles. The Bertz CT molecular complexity index is 964. The summed E-state index contributed by atoms with van der Waals surface area (Å²) >= 11 is 0. The zero-order valence-electron chi connectivity index (χ0n) is 17.9. The van der Waals surface area contributed by atoms with Crippen LogP contribution in [0.15, 0.2) is 47.6 Å². The molecule has 0 amide bonds. The zero-order chi connectivity index (χ0) is 21.8. The third kappa shape index (κ3) is 4.49. The normalized spacial score (nSPS) is 20.5. The number of nitrogens with one attached hydrogen (secondary N) is 1. The Hall–Kier alpha value is -3.13. The molecule has 31 heavy (non-hydrogen) atoms. The summed E-state index contributed by atoms with van der Waals surface area (Å²) in [7, 11) is 0. The van der Waals surface area contributed by atoms with Gasteiger partial charge in [-0.15, -0.1) is 0 Å². The Balaban J connectivity index is 1.62. The first-order valence-electron chi connectivity index (χ1n) is 10.8.